The molecule has 4 nitrogen and oxygen atoms in total. The van der Waals surface area contributed by atoms with Crippen LogP contribution in [-0.2, 0) is 4.79 Å². The zero-order valence-electron chi connectivity index (χ0n) is 11.9. The molecule has 0 spiro atoms. The van der Waals surface area contributed by atoms with Gasteiger partial charge in [-0.05, 0) is 50.6 Å². The fourth-order valence-electron chi connectivity index (χ4n) is 2.77. The summed E-state index contributed by atoms with van der Waals surface area (Å²) in [7, 11) is 0. The van der Waals surface area contributed by atoms with Crippen LogP contribution in [0.4, 0.5) is 5.69 Å². The van der Waals surface area contributed by atoms with E-state index in [1.807, 2.05) is 25.1 Å². The maximum atomic E-state index is 12.6. The number of carbonyl (C=O) groups excluding carboxylic acids is 1. The Balaban J connectivity index is 1.91. The maximum absolute atomic E-state index is 12.6. The first-order chi connectivity index (χ1) is 10.1. The van der Waals surface area contributed by atoms with Gasteiger partial charge in [0.15, 0.2) is 0 Å². The molecule has 1 amide bonds. The van der Waals surface area contributed by atoms with Crippen molar-refractivity contribution in [2.24, 2.45) is 5.41 Å². The van der Waals surface area contributed by atoms with Gasteiger partial charge in [-0.2, -0.15) is 0 Å². The second-order valence-electron chi connectivity index (χ2n) is 5.79. The first kappa shape index (κ1) is 14.3. The predicted octanol–water partition coefficient (Wildman–Crippen LogP) is 3.22. The van der Waals surface area contributed by atoms with Gasteiger partial charge in [-0.1, -0.05) is 11.6 Å². The summed E-state index contributed by atoms with van der Waals surface area (Å²) in [6.07, 6.45) is 3.62. The number of hydrogen-bond donors (Lipinski definition) is 2. The highest BCUT2D eigenvalue weighted by Gasteiger charge is 2.34. The van der Waals surface area contributed by atoms with Crippen LogP contribution in [0.1, 0.15) is 19.8 Å². The summed E-state index contributed by atoms with van der Waals surface area (Å²) in [5, 5.41) is 7.80. The van der Waals surface area contributed by atoms with Crippen molar-refractivity contribution in [2.45, 2.75) is 19.8 Å². The van der Waals surface area contributed by atoms with Crippen molar-refractivity contribution >= 4 is 34.1 Å². The second kappa shape index (κ2) is 5.62. The number of nitrogens with one attached hydrogen (secondary N) is 2. The van der Waals surface area contributed by atoms with Crippen LogP contribution in [0.2, 0.25) is 5.02 Å². The molecule has 1 aromatic carbocycles. The Kier molecular flexibility index (Phi) is 3.83. The number of pyridine rings is 1. The van der Waals surface area contributed by atoms with E-state index in [1.165, 1.54) is 0 Å². The molecule has 1 aliphatic heterocycles. The minimum atomic E-state index is -0.369. The molecule has 2 heterocycles. The lowest BCUT2D eigenvalue weighted by Crippen LogP contribution is -2.46. The van der Waals surface area contributed by atoms with E-state index in [2.05, 4.69) is 15.6 Å². The highest BCUT2D eigenvalue weighted by atomic mass is 35.5. The van der Waals surface area contributed by atoms with Crippen molar-refractivity contribution in [2.75, 3.05) is 18.4 Å². The number of piperidine rings is 1. The highest BCUT2D eigenvalue weighted by Crippen LogP contribution is 2.31. The zero-order valence-corrected chi connectivity index (χ0v) is 12.7. The fourth-order valence-corrected chi connectivity index (χ4v) is 2.98. The third-order valence-electron chi connectivity index (χ3n) is 4.11. The summed E-state index contributed by atoms with van der Waals surface area (Å²) in [5.74, 6) is 0.0437. The largest absolute Gasteiger partial charge is 0.325 e. The van der Waals surface area contributed by atoms with Gasteiger partial charge in [0.2, 0.25) is 5.91 Å². The van der Waals surface area contributed by atoms with Gasteiger partial charge in [-0.25, -0.2) is 0 Å². The van der Waals surface area contributed by atoms with Crippen molar-refractivity contribution in [3.8, 4) is 0 Å². The molecule has 1 atom stereocenters. The van der Waals surface area contributed by atoms with Crippen LogP contribution >= 0.6 is 11.6 Å². The summed E-state index contributed by atoms with van der Waals surface area (Å²) in [6, 6.07) is 7.38. The first-order valence-electron chi connectivity index (χ1n) is 7.16. The number of rotatable bonds is 2. The number of hydrogen-bond acceptors (Lipinski definition) is 3. The van der Waals surface area contributed by atoms with Gasteiger partial charge in [0.05, 0.1) is 21.6 Å². The maximum Gasteiger partial charge on any atom is 0.231 e. The van der Waals surface area contributed by atoms with E-state index in [4.69, 9.17) is 11.6 Å². The molecule has 1 fully saturated rings. The van der Waals surface area contributed by atoms with Crippen molar-refractivity contribution in [3.05, 3.63) is 35.5 Å². The van der Waals surface area contributed by atoms with E-state index in [1.54, 1.807) is 12.3 Å². The molecular formula is C16H18ClN3O. The minimum Gasteiger partial charge on any atom is -0.325 e. The summed E-state index contributed by atoms with van der Waals surface area (Å²) in [4.78, 5) is 16.9. The van der Waals surface area contributed by atoms with E-state index in [9.17, 15) is 4.79 Å². The van der Waals surface area contributed by atoms with E-state index in [-0.39, 0.29) is 11.3 Å². The van der Waals surface area contributed by atoms with Crippen LogP contribution in [0.5, 0.6) is 0 Å². The molecule has 5 heteroatoms. The van der Waals surface area contributed by atoms with Gasteiger partial charge >= 0.3 is 0 Å². The van der Waals surface area contributed by atoms with E-state index < -0.39 is 0 Å². The molecule has 0 saturated carbocycles. The molecule has 110 valence electrons. The predicted molar refractivity (Wildman–Crippen MR) is 85.6 cm³/mol. The van der Waals surface area contributed by atoms with Gasteiger partial charge in [0.1, 0.15) is 0 Å². The van der Waals surface area contributed by atoms with Crippen molar-refractivity contribution in [3.63, 3.8) is 0 Å². The smallest absolute Gasteiger partial charge is 0.231 e. The molecule has 1 aromatic heterocycles. The van der Waals surface area contributed by atoms with Crippen LogP contribution in [-0.4, -0.2) is 24.0 Å². The van der Waals surface area contributed by atoms with Gasteiger partial charge < -0.3 is 10.6 Å². The van der Waals surface area contributed by atoms with E-state index >= 15 is 0 Å². The van der Waals surface area contributed by atoms with Gasteiger partial charge in [-0.3, -0.25) is 9.78 Å². The van der Waals surface area contributed by atoms with E-state index in [0.717, 1.165) is 30.5 Å². The molecule has 2 aromatic rings. The lowest BCUT2D eigenvalue weighted by atomic mass is 9.82. The molecule has 0 bridgehead atoms. The number of fused-ring (bicyclic) bond motifs is 1. The molecule has 0 aliphatic carbocycles. The summed E-state index contributed by atoms with van der Waals surface area (Å²) in [6.45, 7) is 3.70. The number of aromatic nitrogens is 1. The standard InChI is InChI=1S/C16H18ClN3O/c1-16(7-3-8-18-10-16)15(21)20-13-6-5-12(17)14-11(13)4-2-9-19-14/h2,4-6,9,18H,3,7-8,10H2,1H3,(H,20,21). The average Bonchev–Trinajstić information content (AvgIpc) is 2.51. The lowest BCUT2D eigenvalue weighted by molar-refractivity contribution is -0.125. The lowest BCUT2D eigenvalue weighted by Gasteiger charge is -2.32. The van der Waals surface area contributed by atoms with Gasteiger partial charge in [0.25, 0.3) is 0 Å². The Bertz CT molecular complexity index is 680. The first-order valence-corrected chi connectivity index (χ1v) is 7.53. The van der Waals surface area contributed by atoms with E-state index in [0.29, 0.717) is 17.1 Å². The zero-order chi connectivity index (χ0) is 14.9. The third-order valence-corrected chi connectivity index (χ3v) is 4.42. The number of anilines is 1. The van der Waals surface area contributed by atoms with Crippen LogP contribution in [0, 0.1) is 5.41 Å². The van der Waals surface area contributed by atoms with Crippen LogP contribution < -0.4 is 10.6 Å². The number of carbonyl (C=O) groups is 1. The Morgan fingerprint density at radius 1 is 1.43 bits per heavy atom. The number of amides is 1. The Morgan fingerprint density at radius 2 is 2.29 bits per heavy atom. The van der Waals surface area contributed by atoms with Gasteiger partial charge in [-0.15, -0.1) is 0 Å². The molecule has 2 N–H and O–H groups in total. The Morgan fingerprint density at radius 3 is 3.05 bits per heavy atom. The van der Waals surface area contributed by atoms with Crippen molar-refractivity contribution < 1.29 is 4.79 Å². The molecule has 21 heavy (non-hydrogen) atoms. The number of halogens is 1. The second-order valence-corrected chi connectivity index (χ2v) is 6.20. The normalized spacial score (nSPS) is 22.2. The molecule has 1 saturated heterocycles. The number of nitrogens with zero attached hydrogens (tertiary/aromatic N) is 1. The third kappa shape index (κ3) is 2.74. The molecule has 1 aliphatic rings. The Hall–Kier alpha value is -1.65. The summed E-state index contributed by atoms with van der Waals surface area (Å²) in [5.41, 5.74) is 1.11. The highest BCUT2D eigenvalue weighted by molar-refractivity contribution is 6.35. The number of benzene rings is 1. The average molecular weight is 304 g/mol. The van der Waals surface area contributed by atoms with Gasteiger partial charge in [0, 0.05) is 18.1 Å². The minimum absolute atomic E-state index is 0.0437. The van der Waals surface area contributed by atoms with Crippen LogP contribution in [0.25, 0.3) is 10.9 Å². The molecule has 3 rings (SSSR count). The fraction of sp³-hybridized carbons (Fsp3) is 0.375. The van der Waals surface area contributed by atoms with Crippen LogP contribution in [0.3, 0.4) is 0 Å². The summed E-state index contributed by atoms with van der Waals surface area (Å²) >= 11 is 6.16. The molecule has 1 unspecified atom stereocenters. The topological polar surface area (TPSA) is 54.0 Å². The summed E-state index contributed by atoms with van der Waals surface area (Å²) < 4.78 is 0. The molecule has 0 radical (unpaired) electrons. The SMILES string of the molecule is CC1(C(=O)Nc2ccc(Cl)c3ncccc23)CCCNC1. The van der Waals surface area contributed by atoms with Crippen LogP contribution in [0.15, 0.2) is 30.5 Å². The van der Waals surface area contributed by atoms with Crippen molar-refractivity contribution in [1.29, 1.82) is 0 Å². The monoisotopic (exact) mass is 303 g/mol. The Labute approximate surface area is 128 Å². The quantitative estimate of drug-likeness (QED) is 0.895. The molecular weight excluding hydrogens is 286 g/mol. The van der Waals surface area contributed by atoms with Crippen molar-refractivity contribution in [1.82, 2.24) is 10.3 Å².